The molecule has 2 aliphatic rings. The van der Waals surface area contributed by atoms with E-state index in [1.54, 1.807) is 0 Å². The monoisotopic (exact) mass is 275 g/mol. The molecule has 2 aliphatic heterocycles. The van der Waals surface area contributed by atoms with Crippen molar-refractivity contribution in [3.8, 4) is 0 Å². The SMILES string of the molecule is C[C@@]1(Cl)[C@H](O)C(CO)O[C@H]1N1C=CC(=O)CC1=O. The van der Waals surface area contributed by atoms with Crippen LogP contribution in [0.15, 0.2) is 12.3 Å². The van der Waals surface area contributed by atoms with Crippen LogP contribution in [0.2, 0.25) is 0 Å². The highest BCUT2D eigenvalue weighted by Gasteiger charge is 2.55. The summed E-state index contributed by atoms with van der Waals surface area (Å²) in [5.41, 5.74) is 0. The van der Waals surface area contributed by atoms with Gasteiger partial charge in [0.15, 0.2) is 12.0 Å². The van der Waals surface area contributed by atoms with Crippen LogP contribution in [0.5, 0.6) is 0 Å². The number of ketones is 1. The number of aliphatic hydroxyl groups is 2. The average molecular weight is 276 g/mol. The minimum absolute atomic E-state index is 0.247. The standard InChI is InChI=1S/C11H14ClNO5/c1-11(12)9(17)7(5-14)18-10(11)13-3-2-6(15)4-8(13)16/h2-3,7,9-10,14,17H,4-5H2,1H3/t7?,9-,10-,11-/m1/s1. The number of halogens is 1. The van der Waals surface area contributed by atoms with Crippen LogP contribution in [0.25, 0.3) is 0 Å². The Bertz CT molecular complexity index is 408. The van der Waals surface area contributed by atoms with E-state index in [2.05, 4.69) is 0 Å². The number of hydrogen-bond acceptors (Lipinski definition) is 5. The highest BCUT2D eigenvalue weighted by molar-refractivity contribution is 6.25. The summed E-state index contributed by atoms with van der Waals surface area (Å²) in [6.45, 7) is 1.13. The fraction of sp³-hybridized carbons (Fsp3) is 0.636. The number of allylic oxidation sites excluding steroid dienone is 1. The van der Waals surface area contributed by atoms with Crippen molar-refractivity contribution in [3.05, 3.63) is 12.3 Å². The first-order chi connectivity index (χ1) is 8.37. The quantitative estimate of drug-likeness (QED) is 0.518. The van der Waals surface area contributed by atoms with Crippen molar-refractivity contribution in [2.75, 3.05) is 6.61 Å². The molecule has 6 nitrogen and oxygen atoms in total. The Kier molecular flexibility index (Phi) is 3.46. The summed E-state index contributed by atoms with van der Waals surface area (Å²) >= 11 is 6.19. The van der Waals surface area contributed by atoms with Gasteiger partial charge in [0.05, 0.1) is 13.0 Å². The lowest BCUT2D eigenvalue weighted by Crippen LogP contribution is -2.50. The third kappa shape index (κ3) is 2.05. The highest BCUT2D eigenvalue weighted by Crippen LogP contribution is 2.39. The van der Waals surface area contributed by atoms with Crippen LogP contribution in [0.3, 0.4) is 0 Å². The van der Waals surface area contributed by atoms with Crippen molar-refractivity contribution in [1.29, 1.82) is 0 Å². The van der Waals surface area contributed by atoms with Crippen molar-refractivity contribution in [2.24, 2.45) is 0 Å². The van der Waals surface area contributed by atoms with Crippen molar-refractivity contribution in [2.45, 2.75) is 36.7 Å². The van der Waals surface area contributed by atoms with Gasteiger partial charge in [0.25, 0.3) is 0 Å². The van der Waals surface area contributed by atoms with Crippen LogP contribution >= 0.6 is 11.6 Å². The zero-order valence-corrected chi connectivity index (χ0v) is 10.5. The second-order valence-corrected chi connectivity index (χ2v) is 5.38. The number of alkyl halides is 1. The summed E-state index contributed by atoms with van der Waals surface area (Å²) < 4.78 is 5.39. The fourth-order valence-corrected chi connectivity index (χ4v) is 2.41. The third-order valence-corrected chi connectivity index (χ3v) is 3.59. The molecule has 0 radical (unpaired) electrons. The minimum Gasteiger partial charge on any atom is -0.394 e. The molecule has 2 N–H and O–H groups in total. The predicted molar refractivity (Wildman–Crippen MR) is 61.6 cm³/mol. The lowest BCUT2D eigenvalue weighted by Gasteiger charge is -2.34. The van der Waals surface area contributed by atoms with Gasteiger partial charge in [-0.05, 0) is 13.0 Å². The largest absolute Gasteiger partial charge is 0.394 e. The molecule has 1 unspecified atom stereocenters. The van der Waals surface area contributed by atoms with E-state index in [9.17, 15) is 14.7 Å². The Morgan fingerprint density at radius 1 is 1.61 bits per heavy atom. The molecule has 0 aromatic carbocycles. The molecule has 0 aromatic heterocycles. The molecule has 1 saturated heterocycles. The molecule has 4 atom stereocenters. The number of nitrogens with zero attached hydrogens (tertiary/aromatic N) is 1. The maximum Gasteiger partial charge on any atom is 0.236 e. The maximum absolute atomic E-state index is 11.8. The van der Waals surface area contributed by atoms with Crippen molar-refractivity contribution in [3.63, 3.8) is 0 Å². The van der Waals surface area contributed by atoms with E-state index < -0.39 is 35.8 Å². The van der Waals surface area contributed by atoms with Gasteiger partial charge in [0.2, 0.25) is 5.91 Å². The fourth-order valence-electron chi connectivity index (χ4n) is 2.12. The minimum atomic E-state index is -1.24. The van der Waals surface area contributed by atoms with Crippen LogP contribution in [0.4, 0.5) is 0 Å². The molecule has 0 aliphatic carbocycles. The zero-order chi connectivity index (χ0) is 13.5. The second kappa shape index (κ2) is 4.62. The summed E-state index contributed by atoms with van der Waals surface area (Å²) in [7, 11) is 0. The summed E-state index contributed by atoms with van der Waals surface area (Å²) in [5, 5.41) is 19.0. The number of aliphatic hydroxyl groups excluding tert-OH is 2. The second-order valence-electron chi connectivity index (χ2n) is 4.57. The molecule has 7 heteroatoms. The smallest absolute Gasteiger partial charge is 0.236 e. The molecular weight excluding hydrogens is 262 g/mol. The molecule has 100 valence electrons. The predicted octanol–water partition coefficient (Wildman–Crippen LogP) is -0.623. The lowest BCUT2D eigenvalue weighted by atomic mass is 9.99. The van der Waals surface area contributed by atoms with E-state index in [4.69, 9.17) is 21.4 Å². The van der Waals surface area contributed by atoms with Gasteiger partial charge < -0.3 is 14.9 Å². The Labute approximate surface area is 109 Å². The number of carbonyl (C=O) groups is 2. The van der Waals surface area contributed by atoms with Crippen LogP contribution in [0.1, 0.15) is 13.3 Å². The molecular formula is C11H14ClNO5. The van der Waals surface area contributed by atoms with Crippen molar-refractivity contribution in [1.82, 2.24) is 4.90 Å². The molecule has 2 heterocycles. The molecule has 18 heavy (non-hydrogen) atoms. The Hall–Kier alpha value is -0.950. The van der Waals surface area contributed by atoms with E-state index in [-0.39, 0.29) is 12.2 Å². The van der Waals surface area contributed by atoms with Gasteiger partial charge in [-0.25, -0.2) is 0 Å². The van der Waals surface area contributed by atoms with Gasteiger partial charge >= 0.3 is 0 Å². The molecule has 0 spiro atoms. The van der Waals surface area contributed by atoms with Crippen LogP contribution < -0.4 is 0 Å². The van der Waals surface area contributed by atoms with Gasteiger partial charge in [0, 0.05) is 6.20 Å². The van der Waals surface area contributed by atoms with E-state index in [1.807, 2.05) is 0 Å². The number of rotatable bonds is 2. The Morgan fingerprint density at radius 3 is 2.78 bits per heavy atom. The Balaban J connectivity index is 2.26. The first-order valence-electron chi connectivity index (χ1n) is 5.53. The first kappa shape index (κ1) is 13.5. The number of ether oxygens (including phenoxy) is 1. The van der Waals surface area contributed by atoms with E-state index in [0.717, 1.165) is 0 Å². The van der Waals surface area contributed by atoms with Gasteiger partial charge in [-0.2, -0.15) is 0 Å². The molecule has 2 rings (SSSR count). The number of amides is 1. The lowest BCUT2D eigenvalue weighted by molar-refractivity contribution is -0.145. The molecule has 1 fully saturated rings. The summed E-state index contributed by atoms with van der Waals surface area (Å²) in [6.07, 6.45) is -0.557. The van der Waals surface area contributed by atoms with Gasteiger partial charge in [-0.15, -0.1) is 11.6 Å². The van der Waals surface area contributed by atoms with Gasteiger partial charge in [-0.1, -0.05) is 0 Å². The van der Waals surface area contributed by atoms with E-state index in [1.165, 1.54) is 24.1 Å². The molecule has 0 bridgehead atoms. The average Bonchev–Trinajstić information content (AvgIpc) is 2.52. The van der Waals surface area contributed by atoms with Crippen LogP contribution in [-0.4, -0.2) is 56.7 Å². The Morgan fingerprint density at radius 2 is 2.28 bits per heavy atom. The molecule has 0 saturated carbocycles. The van der Waals surface area contributed by atoms with Crippen LogP contribution in [-0.2, 0) is 14.3 Å². The summed E-state index contributed by atoms with van der Waals surface area (Å²) in [4.78, 5) is 22.8. The topological polar surface area (TPSA) is 87.1 Å². The number of hydrogen-bond donors (Lipinski definition) is 2. The molecule has 0 aromatic rings. The summed E-state index contributed by atoms with van der Waals surface area (Å²) in [5.74, 6) is -0.727. The zero-order valence-electron chi connectivity index (χ0n) is 9.75. The van der Waals surface area contributed by atoms with Gasteiger partial charge in [-0.3, -0.25) is 14.5 Å². The summed E-state index contributed by atoms with van der Waals surface area (Å²) in [6, 6.07) is 0. The number of carbonyl (C=O) groups excluding carboxylic acids is 2. The maximum atomic E-state index is 11.8. The highest BCUT2D eigenvalue weighted by atomic mass is 35.5. The van der Waals surface area contributed by atoms with E-state index >= 15 is 0 Å². The van der Waals surface area contributed by atoms with Crippen molar-refractivity contribution < 1.29 is 24.5 Å². The van der Waals surface area contributed by atoms with E-state index in [0.29, 0.717) is 0 Å². The van der Waals surface area contributed by atoms with Crippen molar-refractivity contribution >= 4 is 23.3 Å². The molecule has 1 amide bonds. The normalized spacial score (nSPS) is 40.7. The van der Waals surface area contributed by atoms with Crippen LogP contribution in [0, 0.1) is 0 Å². The third-order valence-electron chi connectivity index (χ3n) is 3.18. The first-order valence-corrected chi connectivity index (χ1v) is 5.91. The van der Waals surface area contributed by atoms with Gasteiger partial charge in [0.1, 0.15) is 17.1 Å².